The summed E-state index contributed by atoms with van der Waals surface area (Å²) in [6.45, 7) is 2.04. The number of nitrogens with zero attached hydrogens (tertiary/aromatic N) is 2. The SMILES string of the molecule is Cc1ccccc1-n1ccnc1SCC(=O)Nc1ccc(Cl)c(Cl)c1. The summed E-state index contributed by atoms with van der Waals surface area (Å²) < 4.78 is 1.98. The van der Waals surface area contributed by atoms with Crippen molar-refractivity contribution in [2.75, 3.05) is 11.1 Å². The number of imidazole rings is 1. The van der Waals surface area contributed by atoms with Crippen LogP contribution in [0.5, 0.6) is 0 Å². The molecule has 4 nitrogen and oxygen atoms in total. The zero-order valence-corrected chi connectivity index (χ0v) is 15.7. The van der Waals surface area contributed by atoms with E-state index in [4.69, 9.17) is 23.2 Å². The van der Waals surface area contributed by atoms with Crippen molar-refractivity contribution in [1.29, 1.82) is 0 Å². The van der Waals surface area contributed by atoms with Gasteiger partial charge in [0.15, 0.2) is 5.16 Å². The number of benzene rings is 2. The second-order valence-electron chi connectivity index (χ2n) is 5.33. The Morgan fingerprint density at radius 1 is 1.20 bits per heavy atom. The van der Waals surface area contributed by atoms with E-state index >= 15 is 0 Å². The summed E-state index contributed by atoms with van der Waals surface area (Å²) in [7, 11) is 0. The Hall–Kier alpha value is -1.95. The van der Waals surface area contributed by atoms with Gasteiger partial charge in [-0.2, -0.15) is 0 Å². The maximum atomic E-state index is 12.2. The van der Waals surface area contributed by atoms with Crippen LogP contribution < -0.4 is 5.32 Å². The number of carbonyl (C=O) groups excluding carboxylic acids is 1. The van der Waals surface area contributed by atoms with Gasteiger partial charge in [-0.25, -0.2) is 4.98 Å². The molecule has 0 aliphatic rings. The third-order valence-corrected chi connectivity index (χ3v) is 5.22. The first-order valence-electron chi connectivity index (χ1n) is 7.51. The average Bonchev–Trinajstić information content (AvgIpc) is 3.05. The normalized spacial score (nSPS) is 10.7. The largest absolute Gasteiger partial charge is 0.325 e. The molecule has 3 aromatic rings. The highest BCUT2D eigenvalue weighted by Crippen LogP contribution is 2.26. The van der Waals surface area contributed by atoms with E-state index in [9.17, 15) is 4.79 Å². The highest BCUT2D eigenvalue weighted by atomic mass is 35.5. The van der Waals surface area contributed by atoms with Gasteiger partial charge in [0, 0.05) is 18.1 Å². The second kappa shape index (κ2) is 7.95. The Morgan fingerprint density at radius 3 is 2.76 bits per heavy atom. The van der Waals surface area contributed by atoms with Gasteiger partial charge in [0.05, 0.1) is 21.5 Å². The standard InChI is InChI=1S/C18H15Cl2N3OS/c1-12-4-2-3-5-16(12)23-9-8-21-18(23)25-11-17(24)22-13-6-7-14(19)15(20)10-13/h2-10H,11H2,1H3,(H,22,24). The van der Waals surface area contributed by atoms with E-state index < -0.39 is 0 Å². The molecule has 1 aromatic heterocycles. The Labute approximate surface area is 160 Å². The molecule has 25 heavy (non-hydrogen) atoms. The molecule has 3 rings (SSSR count). The fourth-order valence-electron chi connectivity index (χ4n) is 2.31. The first-order valence-corrected chi connectivity index (χ1v) is 9.26. The van der Waals surface area contributed by atoms with Gasteiger partial charge in [-0.3, -0.25) is 9.36 Å². The quantitative estimate of drug-likeness (QED) is 0.606. The van der Waals surface area contributed by atoms with E-state index in [1.54, 1.807) is 24.4 Å². The maximum Gasteiger partial charge on any atom is 0.234 e. The predicted molar refractivity (Wildman–Crippen MR) is 104 cm³/mol. The molecule has 7 heteroatoms. The maximum absolute atomic E-state index is 12.2. The molecule has 1 N–H and O–H groups in total. The molecule has 0 unspecified atom stereocenters. The summed E-state index contributed by atoms with van der Waals surface area (Å²) in [6, 6.07) is 13.0. The van der Waals surface area contributed by atoms with E-state index in [1.165, 1.54) is 11.8 Å². The smallest absolute Gasteiger partial charge is 0.234 e. The highest BCUT2D eigenvalue weighted by molar-refractivity contribution is 7.99. The molecule has 0 aliphatic heterocycles. The van der Waals surface area contributed by atoms with Gasteiger partial charge >= 0.3 is 0 Å². The van der Waals surface area contributed by atoms with Crippen molar-refractivity contribution in [3.8, 4) is 5.69 Å². The van der Waals surface area contributed by atoms with Gasteiger partial charge < -0.3 is 5.32 Å². The highest BCUT2D eigenvalue weighted by Gasteiger charge is 2.11. The van der Waals surface area contributed by atoms with Crippen LogP contribution in [-0.2, 0) is 4.79 Å². The average molecular weight is 392 g/mol. The van der Waals surface area contributed by atoms with E-state index in [0.717, 1.165) is 16.4 Å². The number of aryl methyl sites for hydroxylation is 1. The molecule has 0 spiro atoms. The van der Waals surface area contributed by atoms with Crippen molar-refractivity contribution >= 4 is 46.6 Å². The summed E-state index contributed by atoms with van der Waals surface area (Å²) >= 11 is 13.2. The number of hydrogen-bond donors (Lipinski definition) is 1. The van der Waals surface area contributed by atoms with Gasteiger partial charge in [0.25, 0.3) is 0 Å². The van der Waals surface area contributed by atoms with Crippen LogP contribution >= 0.6 is 35.0 Å². The molecule has 0 atom stereocenters. The fraction of sp³-hybridized carbons (Fsp3) is 0.111. The minimum absolute atomic E-state index is 0.136. The summed E-state index contributed by atoms with van der Waals surface area (Å²) in [5, 5.41) is 4.42. The number of hydrogen-bond acceptors (Lipinski definition) is 3. The van der Waals surface area contributed by atoms with Crippen LogP contribution in [0.4, 0.5) is 5.69 Å². The predicted octanol–water partition coefficient (Wildman–Crippen LogP) is 5.22. The number of anilines is 1. The molecule has 0 aliphatic carbocycles. The Morgan fingerprint density at radius 2 is 2.00 bits per heavy atom. The lowest BCUT2D eigenvalue weighted by atomic mass is 10.2. The summed E-state index contributed by atoms with van der Waals surface area (Å²) in [4.78, 5) is 16.5. The van der Waals surface area contributed by atoms with Crippen LogP contribution in [0.25, 0.3) is 5.69 Å². The lowest BCUT2D eigenvalue weighted by molar-refractivity contribution is -0.113. The molecule has 0 fully saturated rings. The van der Waals surface area contributed by atoms with Crippen molar-refractivity contribution in [3.63, 3.8) is 0 Å². The van der Waals surface area contributed by atoms with E-state index in [-0.39, 0.29) is 11.7 Å². The van der Waals surface area contributed by atoms with Crippen LogP contribution in [-0.4, -0.2) is 21.2 Å². The topological polar surface area (TPSA) is 46.9 Å². The van der Waals surface area contributed by atoms with Crippen LogP contribution in [0.3, 0.4) is 0 Å². The van der Waals surface area contributed by atoms with Gasteiger partial charge in [0.1, 0.15) is 0 Å². The molecule has 2 aromatic carbocycles. The van der Waals surface area contributed by atoms with Crippen molar-refractivity contribution in [3.05, 3.63) is 70.5 Å². The number of aromatic nitrogens is 2. The van der Waals surface area contributed by atoms with Gasteiger partial charge in [0.2, 0.25) is 5.91 Å². The molecule has 0 radical (unpaired) electrons. The Balaban J connectivity index is 1.66. The third kappa shape index (κ3) is 4.37. The minimum Gasteiger partial charge on any atom is -0.325 e. The molecule has 0 saturated carbocycles. The lowest BCUT2D eigenvalue weighted by Gasteiger charge is -2.10. The summed E-state index contributed by atoms with van der Waals surface area (Å²) in [5.41, 5.74) is 2.80. The number of carbonyl (C=O) groups is 1. The Bertz CT molecular complexity index is 911. The van der Waals surface area contributed by atoms with Crippen molar-refractivity contribution < 1.29 is 4.79 Å². The molecular weight excluding hydrogens is 377 g/mol. The van der Waals surface area contributed by atoms with Crippen LogP contribution in [0.15, 0.2) is 60.0 Å². The fourth-order valence-corrected chi connectivity index (χ4v) is 3.38. The molecular formula is C18H15Cl2N3OS. The zero-order chi connectivity index (χ0) is 17.8. The second-order valence-corrected chi connectivity index (χ2v) is 7.09. The first kappa shape index (κ1) is 17.9. The number of thioether (sulfide) groups is 1. The number of halogens is 2. The molecule has 0 saturated heterocycles. The molecule has 128 valence electrons. The summed E-state index contributed by atoms with van der Waals surface area (Å²) in [5.74, 6) is 0.103. The van der Waals surface area contributed by atoms with E-state index in [0.29, 0.717) is 15.7 Å². The number of amides is 1. The van der Waals surface area contributed by atoms with Crippen molar-refractivity contribution in [1.82, 2.24) is 9.55 Å². The monoisotopic (exact) mass is 391 g/mol. The zero-order valence-electron chi connectivity index (χ0n) is 13.4. The number of para-hydroxylation sites is 1. The number of rotatable bonds is 5. The van der Waals surface area contributed by atoms with Gasteiger partial charge in [-0.15, -0.1) is 0 Å². The van der Waals surface area contributed by atoms with Gasteiger partial charge in [-0.1, -0.05) is 53.2 Å². The van der Waals surface area contributed by atoms with Crippen LogP contribution in [0.2, 0.25) is 10.0 Å². The van der Waals surface area contributed by atoms with E-state index in [1.807, 2.05) is 42.0 Å². The third-order valence-electron chi connectivity index (χ3n) is 3.52. The Kier molecular flexibility index (Phi) is 5.68. The minimum atomic E-state index is -0.136. The van der Waals surface area contributed by atoms with Crippen molar-refractivity contribution in [2.45, 2.75) is 12.1 Å². The van der Waals surface area contributed by atoms with Gasteiger partial charge in [-0.05, 0) is 36.8 Å². The van der Waals surface area contributed by atoms with E-state index in [2.05, 4.69) is 10.3 Å². The first-order chi connectivity index (χ1) is 12.0. The number of nitrogens with one attached hydrogen (secondary N) is 1. The molecule has 0 bridgehead atoms. The van der Waals surface area contributed by atoms with Crippen molar-refractivity contribution in [2.24, 2.45) is 0 Å². The van der Waals surface area contributed by atoms with Crippen LogP contribution in [0, 0.1) is 6.92 Å². The molecule has 1 amide bonds. The van der Waals surface area contributed by atoms with Crippen LogP contribution in [0.1, 0.15) is 5.56 Å². The summed E-state index contributed by atoms with van der Waals surface area (Å²) in [6.07, 6.45) is 3.62. The molecule has 1 heterocycles. The lowest BCUT2D eigenvalue weighted by Crippen LogP contribution is -2.14.